The van der Waals surface area contributed by atoms with Crippen LogP contribution in [-0.2, 0) is 59.5 Å². The van der Waals surface area contributed by atoms with Crippen LogP contribution in [0.25, 0.3) is 27.8 Å². The van der Waals surface area contributed by atoms with Gasteiger partial charge in [0.2, 0.25) is 5.91 Å². The van der Waals surface area contributed by atoms with Crippen molar-refractivity contribution < 1.29 is 133 Å². The zero-order valence-corrected chi connectivity index (χ0v) is 82.7. The molecule has 0 saturated carbocycles. The van der Waals surface area contributed by atoms with Crippen LogP contribution in [0.15, 0.2) is 190 Å². The number of anilines is 11. The Kier molecular flexibility index (Phi) is 55.2. The van der Waals surface area contributed by atoms with Gasteiger partial charge in [-0.05, 0) is 158 Å². The van der Waals surface area contributed by atoms with Crippen molar-refractivity contribution in [2.45, 2.75) is 63.2 Å². The molecule has 0 bridgehead atoms. The molecular weight excluding hydrogens is 1950 g/mol. The van der Waals surface area contributed by atoms with Crippen LogP contribution in [0.2, 0.25) is 25.4 Å². The quantitative estimate of drug-likeness (QED) is 0.00389. The number of cyclic esters (lactones) is 2. The zero-order chi connectivity index (χ0) is 96.8. The molecule has 12 rings (SSSR count). The van der Waals surface area contributed by atoms with E-state index in [4.69, 9.17) is 146 Å². The van der Waals surface area contributed by atoms with Gasteiger partial charge in [-0.15, -0.1) is 53.0 Å². The van der Waals surface area contributed by atoms with E-state index in [9.17, 15) is 50.6 Å². The van der Waals surface area contributed by atoms with Gasteiger partial charge in [0.25, 0.3) is 16.6 Å². The molecule has 1 fully saturated rings. The summed E-state index contributed by atoms with van der Waals surface area (Å²) in [5.41, 5.74) is 45.7. The van der Waals surface area contributed by atoms with Crippen LogP contribution in [0.5, 0.6) is 0 Å². The molecule has 1 aliphatic rings. The Morgan fingerprint density at radius 1 is 0.606 bits per heavy atom. The van der Waals surface area contributed by atoms with Gasteiger partial charge in [-0.2, -0.15) is 82.2 Å². The average Bonchev–Trinajstić information content (AvgIpc) is 1.35. The number of halogens is 5. The Morgan fingerprint density at radius 3 is 1.52 bits per heavy atom. The van der Waals surface area contributed by atoms with Gasteiger partial charge in [-0.1, -0.05) is 106 Å². The first-order valence-electron chi connectivity index (χ1n) is 35.4. The van der Waals surface area contributed by atoms with Crippen LogP contribution < -0.4 is 109 Å². The van der Waals surface area contributed by atoms with E-state index in [0.29, 0.717) is 94.3 Å². The van der Waals surface area contributed by atoms with Crippen LogP contribution in [0, 0.1) is 111 Å². The van der Waals surface area contributed by atoms with Crippen molar-refractivity contribution in [3.63, 3.8) is 0 Å². The second-order valence-corrected chi connectivity index (χ2v) is 31.6. The van der Waals surface area contributed by atoms with Crippen molar-refractivity contribution in [2.75, 3.05) is 57.0 Å². The Morgan fingerprint density at radius 2 is 1.08 bits per heavy atom. The smallest absolute Gasteiger partial charge is 0.744 e. The minimum atomic E-state index is -4.76. The second kappa shape index (κ2) is 61.0. The van der Waals surface area contributed by atoms with Crippen molar-refractivity contribution in [1.82, 2.24) is 9.97 Å². The normalized spacial score (nSPS) is 9.99. The Labute approximate surface area is 845 Å². The molecule has 16 N–H and O–H groups in total. The minimum Gasteiger partial charge on any atom is -0.744 e. The van der Waals surface area contributed by atoms with Gasteiger partial charge < -0.3 is 64.4 Å². The van der Waals surface area contributed by atoms with Crippen LogP contribution in [0.3, 0.4) is 0 Å². The number of benzene rings is 7. The number of carbonyl (C=O) groups is 5. The molecule has 0 radical (unpaired) electrons. The number of thiophene rings is 2. The number of ketones is 1. The molecule has 48 heteroatoms. The number of rotatable bonds is 15. The number of allylic oxidation sites excluding steroid dienone is 2. The molecule has 11 aromatic rings. The number of ether oxygens (including phenoxy) is 2. The fraction of sp³-hybridized carbons (Fsp3) is 0.107. The van der Waals surface area contributed by atoms with Gasteiger partial charge in [0.15, 0.2) is 11.6 Å². The molecule has 0 unspecified atom stereocenters. The predicted molar refractivity (Wildman–Crippen MR) is 501 cm³/mol. The molecule has 0 spiro atoms. The van der Waals surface area contributed by atoms with Crippen molar-refractivity contribution in [3.05, 3.63) is 256 Å². The summed E-state index contributed by atoms with van der Waals surface area (Å²) in [5, 5.41) is 82.8. The summed E-state index contributed by atoms with van der Waals surface area (Å²) >= 11 is 31.0. The summed E-state index contributed by atoms with van der Waals surface area (Å²) in [5.74, 6) is -0.387. The molecule has 7 aromatic carbocycles. The van der Waals surface area contributed by atoms with Gasteiger partial charge in [-0.3, -0.25) is 28.5 Å². The van der Waals surface area contributed by atoms with E-state index in [1.165, 1.54) is 53.9 Å². The topological polar surface area (TPSA) is 675 Å². The number of hydrogen-bond acceptors (Lipinski definition) is 35. The SMILES string of the molecule is CC(=C(C#N)C#N)c1cccc(N)c1.CC(=O)c1cccc(N)c1.Cc1cc(Cl)nc(Cl)c1C#N.Cc1cc(Nc2c[c-]c(Cl)cc2)nc(Nc2ccc(Cl)c(S(=O)(=O)[O-])c2)c1C#N.N#CCC#N.N#Cc1c(-c2cccc(N)c2)csc1N.N#Cc1c(-c2cccc(NC(=O)CCOC=O)c2)csc1N.Nc1ccc(Cl)c(S(=O)(=O)O)c1.O=C1CCC(=O)O1.O=S(=O)=O.S.[HH].[Na+].[Na+]. The molecule has 1 saturated heterocycles. The molecule has 5 heterocycles. The Bertz CT molecular complexity index is 6650. The number of pyridine rings is 2. The van der Waals surface area contributed by atoms with E-state index in [2.05, 4.69) is 59.7 Å². The number of hydrogen-bond donors (Lipinski definition) is 10. The fourth-order valence-corrected chi connectivity index (χ4v) is 13.8. The molecule has 0 aliphatic carbocycles. The van der Waals surface area contributed by atoms with E-state index in [1.807, 2.05) is 65.4 Å². The van der Waals surface area contributed by atoms with E-state index < -0.39 is 47.7 Å². The maximum Gasteiger partial charge on any atom is 1.00 e. The number of nitrogens with one attached hydrogen (secondary N) is 3. The van der Waals surface area contributed by atoms with Crippen LogP contribution >= 0.6 is 94.2 Å². The number of amides is 1. The standard InChI is InChI=1S/C19H13Cl2N4O3S.C15H13N3O3S.C11H9N3S.C11H9N3.C8H9NO.C7H4Cl2N2.C6H6ClNO3S.C4H4O3.C3H2N2.2Na.O3S.H2S.H2/c1-11-8-18(23-13-4-2-12(20)3-5-13)25-19(15(11)10-22)24-14-6-7-16(21)17(9-14)29(26,27)28;16-7-12-13(8-22-15(12)17)10-2-1-3-11(6-10)18-14(20)4-5-21-9-19;12-5-9-10(6-15-11(9)14)7-2-1-3-8(13)4-7;1-8(10(6-12)7-13)9-3-2-4-11(14)5-9;1-6(10)7-3-2-4-8(9)5-7;1-4-2-6(8)11-7(9)5(4)3-10;7-5-2-1-4(8)3-6(5)12(9,10)11;5-3-1-2-4(6)7-3;4-2-1-3-5;;;1-4(2)3;;/h2,4-9H,1H3,(H2,23,24,25)(H,26,27,28);1-3,6,8-9H,4-5,17H2,(H,18,20);1-4,6H,13-14H2;2-5H,14H2,1H3;2-5H,9H2,1H3;2H,1H3;1-3H,8H2,(H,9,10,11);1-2H2;1H2;;;;1H2;1H/q-1;;;;;;;;;2*+1;;;/p-1. The van der Waals surface area contributed by atoms with Crippen LogP contribution in [0.4, 0.5) is 61.4 Å². The van der Waals surface area contributed by atoms with E-state index >= 15 is 0 Å². The monoisotopic (exact) mass is 2020 g/mol. The maximum absolute atomic E-state index is 11.7. The Hall–Kier alpha value is -12.7. The molecule has 0 atom stereocenters. The molecule has 4 aromatic heterocycles. The first-order chi connectivity index (χ1) is 60.9. The number of nitrogen functional groups attached to an aromatic ring is 6. The Balaban J connectivity index is 0. The van der Waals surface area contributed by atoms with Crippen LogP contribution in [-0.4, -0.2) is 85.2 Å². The maximum atomic E-state index is 11.7. The van der Waals surface area contributed by atoms with Gasteiger partial charge in [0.1, 0.15) is 89.5 Å². The number of nitrogens with zero attached hydrogens (tertiary/aromatic N) is 10. The third-order valence-electron chi connectivity index (χ3n) is 15.5. The predicted octanol–water partition coefficient (Wildman–Crippen LogP) is 10.5. The average molecular weight is 2020 g/mol. The van der Waals surface area contributed by atoms with Crippen LogP contribution in [0.1, 0.15) is 90.3 Å². The van der Waals surface area contributed by atoms with E-state index in [1.54, 1.807) is 124 Å². The van der Waals surface area contributed by atoms with Gasteiger partial charge >= 0.3 is 81.7 Å². The number of aromatic nitrogens is 2. The largest absolute Gasteiger partial charge is 1.00 e. The number of nitriles is 8. The second-order valence-electron chi connectivity index (χ2n) is 24.7. The van der Waals surface area contributed by atoms with Crippen molar-refractivity contribution in [3.8, 4) is 70.8 Å². The number of esters is 2. The fourth-order valence-electron chi connectivity index (χ4n) is 9.59. The third kappa shape index (κ3) is 42.5. The summed E-state index contributed by atoms with van der Waals surface area (Å²) in [6.07, 6.45) is 0.607. The molecule has 132 heavy (non-hydrogen) atoms. The van der Waals surface area contributed by atoms with Crippen molar-refractivity contribution in [2.24, 2.45) is 0 Å². The first-order valence-corrected chi connectivity index (χ1v) is 42.9. The van der Waals surface area contributed by atoms with Gasteiger partial charge in [0.05, 0.1) is 75.2 Å². The number of carbonyl (C=O) groups excluding carboxylic acids is 5. The number of aryl methyl sites for hydroxylation is 2. The van der Waals surface area contributed by atoms with E-state index in [0.717, 1.165) is 45.5 Å². The summed E-state index contributed by atoms with van der Waals surface area (Å²) in [7, 11) is -12.1. The molecule has 35 nitrogen and oxygen atoms in total. The molecule has 672 valence electrons. The summed E-state index contributed by atoms with van der Waals surface area (Å²) < 4.78 is 97.8. The number of nitrogens with two attached hydrogens (primary N) is 6. The summed E-state index contributed by atoms with van der Waals surface area (Å²) in [4.78, 5) is 59.6. The molecule has 1 aliphatic heterocycles. The third-order valence-corrected chi connectivity index (χ3v) is 20.5. The summed E-state index contributed by atoms with van der Waals surface area (Å²) in [6.45, 7) is 7.09. The van der Waals surface area contributed by atoms with Gasteiger partial charge in [-0.25, -0.2) is 18.4 Å². The molecular formula is C84H72Cl5N19Na2O16S6. The molecule has 1 amide bonds. The van der Waals surface area contributed by atoms with Crippen molar-refractivity contribution in [1.29, 1.82) is 42.1 Å². The van der Waals surface area contributed by atoms with E-state index in [-0.39, 0.29) is 166 Å². The summed E-state index contributed by atoms with van der Waals surface area (Å²) in [6, 6.07) is 62.7. The zero-order valence-electron chi connectivity index (χ0n) is 69.8. The minimum absolute atomic E-state index is 0. The number of Topliss-reactive ketones (excluding diaryl/α,β-unsaturated/α-hetero) is 1. The first kappa shape index (κ1) is 119. The van der Waals surface area contributed by atoms with Crippen molar-refractivity contribution >= 4 is 222 Å². The van der Waals surface area contributed by atoms with Gasteiger partial charge in [0, 0.05) is 63.0 Å².